The Hall–Kier alpha value is -3.25. The highest BCUT2D eigenvalue weighted by molar-refractivity contribution is 8.00. The van der Waals surface area contributed by atoms with E-state index in [0.29, 0.717) is 17.2 Å². The summed E-state index contributed by atoms with van der Waals surface area (Å²) in [5.74, 6) is 0.952. The molecule has 0 aromatic heterocycles. The fourth-order valence-electron chi connectivity index (χ4n) is 3.61. The minimum absolute atomic E-state index is 0.0685. The van der Waals surface area contributed by atoms with Gasteiger partial charge in [0.05, 0.1) is 5.75 Å². The molecule has 5 nitrogen and oxygen atoms in total. The maximum atomic E-state index is 12.7. The van der Waals surface area contributed by atoms with E-state index in [9.17, 15) is 9.59 Å². The molecular formula is C25H24N2O3S. The smallest absolute Gasteiger partial charge is 0.262 e. The number of nitrogens with one attached hydrogen (secondary N) is 1. The van der Waals surface area contributed by atoms with Crippen molar-refractivity contribution in [3.05, 3.63) is 90.0 Å². The van der Waals surface area contributed by atoms with Crippen molar-refractivity contribution >= 4 is 35.0 Å². The summed E-state index contributed by atoms with van der Waals surface area (Å²) < 4.78 is 5.52. The molecule has 2 amide bonds. The number of benzene rings is 3. The number of ether oxygens (including phenoxy) is 1. The van der Waals surface area contributed by atoms with Crippen molar-refractivity contribution in [2.24, 2.45) is 0 Å². The van der Waals surface area contributed by atoms with Crippen LogP contribution in [0.3, 0.4) is 0 Å². The van der Waals surface area contributed by atoms with Gasteiger partial charge in [-0.15, -0.1) is 11.8 Å². The van der Waals surface area contributed by atoms with Gasteiger partial charge >= 0.3 is 0 Å². The second-order valence-corrected chi connectivity index (χ2v) is 8.25. The predicted octanol–water partition coefficient (Wildman–Crippen LogP) is 5.05. The second-order valence-electron chi connectivity index (χ2n) is 7.18. The van der Waals surface area contributed by atoms with Crippen LogP contribution in [0.5, 0.6) is 5.75 Å². The SMILES string of the molecule is CCc1ccccc1N1C(=O)CSC1c1cccc(NC(=O)COc2ccccc2)c1. The molecule has 31 heavy (non-hydrogen) atoms. The Morgan fingerprint density at radius 1 is 1.06 bits per heavy atom. The number of hydrogen-bond acceptors (Lipinski definition) is 4. The maximum Gasteiger partial charge on any atom is 0.262 e. The number of amides is 2. The third-order valence-corrected chi connectivity index (χ3v) is 6.28. The summed E-state index contributed by atoms with van der Waals surface area (Å²) in [5.41, 5.74) is 3.76. The molecule has 1 saturated heterocycles. The van der Waals surface area contributed by atoms with Crippen LogP contribution in [0.4, 0.5) is 11.4 Å². The van der Waals surface area contributed by atoms with E-state index in [1.54, 1.807) is 11.8 Å². The van der Waals surface area contributed by atoms with Gasteiger partial charge in [-0.3, -0.25) is 14.5 Å². The summed E-state index contributed by atoms with van der Waals surface area (Å²) in [7, 11) is 0. The molecule has 3 aromatic rings. The van der Waals surface area contributed by atoms with Crippen molar-refractivity contribution in [1.82, 2.24) is 0 Å². The summed E-state index contributed by atoms with van der Waals surface area (Å²) >= 11 is 1.60. The standard InChI is InChI=1S/C25H24N2O3S/c1-2-18-9-6-7-14-22(18)27-24(29)17-31-25(27)19-10-8-11-20(15-19)26-23(28)16-30-21-12-4-3-5-13-21/h3-15,25H,2,16-17H2,1H3,(H,26,28). The van der Waals surface area contributed by atoms with Crippen LogP contribution >= 0.6 is 11.8 Å². The van der Waals surface area contributed by atoms with Crippen LogP contribution in [0, 0.1) is 0 Å². The molecule has 3 aromatic carbocycles. The summed E-state index contributed by atoms with van der Waals surface area (Å²) in [6.07, 6.45) is 0.856. The quantitative estimate of drug-likeness (QED) is 0.568. The van der Waals surface area contributed by atoms with Gasteiger partial charge in [0.1, 0.15) is 11.1 Å². The number of para-hydroxylation sites is 2. The van der Waals surface area contributed by atoms with Gasteiger partial charge in [-0.25, -0.2) is 0 Å². The lowest BCUT2D eigenvalue weighted by atomic mass is 10.1. The van der Waals surface area contributed by atoms with E-state index >= 15 is 0 Å². The highest BCUT2D eigenvalue weighted by atomic mass is 32.2. The Morgan fingerprint density at radius 2 is 1.84 bits per heavy atom. The van der Waals surface area contributed by atoms with Gasteiger partial charge in [-0.05, 0) is 47.9 Å². The molecule has 4 rings (SSSR count). The third-order valence-electron chi connectivity index (χ3n) is 5.07. The number of anilines is 2. The van der Waals surface area contributed by atoms with Gasteiger partial charge in [0.2, 0.25) is 5.91 Å². The summed E-state index contributed by atoms with van der Waals surface area (Å²) in [4.78, 5) is 26.9. The van der Waals surface area contributed by atoms with Gasteiger partial charge in [0.15, 0.2) is 6.61 Å². The van der Waals surface area contributed by atoms with Crippen LogP contribution in [0.15, 0.2) is 78.9 Å². The average Bonchev–Trinajstić information content (AvgIpc) is 3.19. The zero-order valence-corrected chi connectivity index (χ0v) is 18.1. The molecule has 0 bridgehead atoms. The first-order valence-electron chi connectivity index (χ1n) is 10.2. The van der Waals surface area contributed by atoms with Crippen LogP contribution in [-0.2, 0) is 16.0 Å². The van der Waals surface area contributed by atoms with E-state index in [4.69, 9.17) is 4.74 Å². The first-order chi connectivity index (χ1) is 15.2. The summed E-state index contributed by atoms with van der Waals surface area (Å²) in [6.45, 7) is 2.02. The number of thioether (sulfide) groups is 1. The average molecular weight is 433 g/mol. The van der Waals surface area contributed by atoms with Crippen molar-refractivity contribution < 1.29 is 14.3 Å². The van der Waals surface area contributed by atoms with Crippen molar-refractivity contribution in [2.75, 3.05) is 22.6 Å². The second kappa shape index (κ2) is 9.71. The molecule has 1 aliphatic heterocycles. The molecule has 1 fully saturated rings. The number of hydrogen-bond donors (Lipinski definition) is 1. The van der Waals surface area contributed by atoms with Gasteiger partial charge in [0, 0.05) is 11.4 Å². The highest BCUT2D eigenvalue weighted by Gasteiger charge is 2.35. The van der Waals surface area contributed by atoms with Gasteiger partial charge in [-0.1, -0.05) is 55.5 Å². The van der Waals surface area contributed by atoms with E-state index in [1.165, 1.54) is 0 Å². The van der Waals surface area contributed by atoms with Crippen LogP contribution in [-0.4, -0.2) is 24.2 Å². The molecule has 0 aliphatic carbocycles. The molecule has 1 N–H and O–H groups in total. The predicted molar refractivity (Wildman–Crippen MR) is 126 cm³/mol. The third kappa shape index (κ3) is 4.91. The Morgan fingerprint density at radius 3 is 2.65 bits per heavy atom. The Labute approximate surface area is 186 Å². The fraction of sp³-hybridized carbons (Fsp3) is 0.200. The zero-order chi connectivity index (χ0) is 21.6. The molecule has 0 spiro atoms. The van der Waals surface area contributed by atoms with Gasteiger partial charge in [0.25, 0.3) is 5.91 Å². The van der Waals surface area contributed by atoms with Crippen LogP contribution in [0.2, 0.25) is 0 Å². The van der Waals surface area contributed by atoms with Crippen LogP contribution in [0.25, 0.3) is 0 Å². The Kier molecular flexibility index (Phi) is 6.57. The number of aryl methyl sites for hydroxylation is 1. The van der Waals surface area contributed by atoms with Crippen LogP contribution in [0.1, 0.15) is 23.4 Å². The molecule has 158 valence electrons. The zero-order valence-electron chi connectivity index (χ0n) is 17.3. The monoisotopic (exact) mass is 432 g/mol. The van der Waals surface area contributed by atoms with Crippen molar-refractivity contribution in [1.29, 1.82) is 0 Å². The van der Waals surface area contributed by atoms with Crippen molar-refractivity contribution in [2.45, 2.75) is 18.7 Å². The molecule has 1 heterocycles. The minimum Gasteiger partial charge on any atom is -0.484 e. The topological polar surface area (TPSA) is 58.6 Å². The lowest BCUT2D eigenvalue weighted by molar-refractivity contribution is -0.118. The van der Waals surface area contributed by atoms with Crippen molar-refractivity contribution in [3.63, 3.8) is 0 Å². The van der Waals surface area contributed by atoms with E-state index in [2.05, 4.69) is 18.3 Å². The first-order valence-corrected chi connectivity index (χ1v) is 11.3. The summed E-state index contributed by atoms with van der Waals surface area (Å²) in [5, 5.41) is 2.76. The van der Waals surface area contributed by atoms with Crippen molar-refractivity contribution in [3.8, 4) is 5.75 Å². The molecule has 0 saturated carbocycles. The van der Waals surface area contributed by atoms with Gasteiger partial charge < -0.3 is 10.1 Å². The van der Waals surface area contributed by atoms with E-state index in [0.717, 1.165) is 23.2 Å². The van der Waals surface area contributed by atoms with Crippen LogP contribution < -0.4 is 15.0 Å². The normalized spacial score (nSPS) is 15.7. The van der Waals surface area contributed by atoms with E-state index < -0.39 is 0 Å². The highest BCUT2D eigenvalue weighted by Crippen LogP contribution is 2.43. The Balaban J connectivity index is 1.49. The maximum absolute atomic E-state index is 12.7. The molecule has 1 atom stereocenters. The molecular weight excluding hydrogens is 408 g/mol. The first kappa shape index (κ1) is 21.0. The number of rotatable bonds is 7. The molecule has 0 radical (unpaired) electrons. The lowest BCUT2D eigenvalue weighted by Crippen LogP contribution is -2.28. The molecule has 6 heteroatoms. The number of nitrogens with zero attached hydrogens (tertiary/aromatic N) is 1. The Bertz CT molecular complexity index is 1070. The van der Waals surface area contributed by atoms with Gasteiger partial charge in [-0.2, -0.15) is 0 Å². The number of carbonyl (C=O) groups excluding carboxylic acids is 2. The molecule has 1 aliphatic rings. The van der Waals surface area contributed by atoms with E-state index in [1.807, 2.05) is 77.7 Å². The molecule has 1 unspecified atom stereocenters. The minimum atomic E-state index is -0.232. The number of carbonyl (C=O) groups is 2. The lowest BCUT2D eigenvalue weighted by Gasteiger charge is -2.26. The largest absolute Gasteiger partial charge is 0.484 e. The van der Waals surface area contributed by atoms with E-state index in [-0.39, 0.29) is 23.8 Å². The fourth-order valence-corrected chi connectivity index (χ4v) is 4.77. The summed E-state index contributed by atoms with van der Waals surface area (Å²) in [6, 6.07) is 24.9.